The van der Waals surface area contributed by atoms with Crippen LogP contribution in [-0.4, -0.2) is 22.2 Å². The van der Waals surface area contributed by atoms with Gasteiger partial charge >= 0.3 is 0 Å². The molecule has 0 rings (SSSR count). The molecule has 2 atom stereocenters. The van der Waals surface area contributed by atoms with Crippen LogP contribution in [0.15, 0.2) is 0 Å². The number of nitro groups is 1. The molecular weight excluding hydrogens is 134 g/mol. The molecule has 60 valence electrons. The molecule has 4 nitrogen and oxygen atoms in total. The van der Waals surface area contributed by atoms with Crippen molar-refractivity contribution in [3.8, 4) is 0 Å². The van der Waals surface area contributed by atoms with E-state index in [4.69, 9.17) is 5.11 Å². The lowest BCUT2D eigenvalue weighted by Gasteiger charge is -2.11. The van der Waals surface area contributed by atoms with Crippen LogP contribution in [0, 0.1) is 10.1 Å². The van der Waals surface area contributed by atoms with Crippen molar-refractivity contribution < 1.29 is 10.0 Å². The van der Waals surface area contributed by atoms with Gasteiger partial charge in [-0.25, -0.2) is 0 Å². The largest absolute Gasteiger partial charge is 0.386 e. The van der Waals surface area contributed by atoms with Crippen LogP contribution in [0.5, 0.6) is 0 Å². The summed E-state index contributed by atoms with van der Waals surface area (Å²) in [6.45, 7) is 3.43. The lowest BCUT2D eigenvalue weighted by Crippen LogP contribution is -2.32. The van der Waals surface area contributed by atoms with E-state index in [1.54, 1.807) is 13.8 Å². The molecule has 0 aliphatic rings. The maximum Gasteiger partial charge on any atom is 0.238 e. The second-order valence-electron chi connectivity index (χ2n) is 2.24. The van der Waals surface area contributed by atoms with Gasteiger partial charge in [0.1, 0.15) is 6.10 Å². The second-order valence-corrected chi connectivity index (χ2v) is 2.24. The van der Waals surface area contributed by atoms with Crippen molar-refractivity contribution in [3.63, 3.8) is 0 Å². The summed E-state index contributed by atoms with van der Waals surface area (Å²) in [5, 5.41) is 19.2. The first-order valence-corrected chi connectivity index (χ1v) is 3.45. The number of aliphatic hydroxyl groups excluding tert-OH is 1. The third kappa shape index (κ3) is 2.31. The van der Waals surface area contributed by atoms with Gasteiger partial charge in [-0.3, -0.25) is 10.1 Å². The molecule has 0 amide bonds. The van der Waals surface area contributed by atoms with Gasteiger partial charge in [0.25, 0.3) is 0 Å². The summed E-state index contributed by atoms with van der Waals surface area (Å²) in [5.41, 5.74) is 0. The van der Waals surface area contributed by atoms with Gasteiger partial charge in [-0.15, -0.1) is 0 Å². The molecule has 1 N–H and O–H groups in total. The van der Waals surface area contributed by atoms with Crippen LogP contribution in [0.25, 0.3) is 0 Å². The van der Waals surface area contributed by atoms with Crippen molar-refractivity contribution in [2.45, 2.75) is 38.8 Å². The first kappa shape index (κ1) is 9.36. The Hall–Kier alpha value is -0.640. The normalized spacial score (nSPS) is 16.3. The molecule has 0 aliphatic carbocycles. The molecule has 0 heterocycles. The van der Waals surface area contributed by atoms with Crippen molar-refractivity contribution in [2.24, 2.45) is 0 Å². The summed E-state index contributed by atoms with van der Waals surface area (Å²) in [6.07, 6.45) is 0.0431. The summed E-state index contributed by atoms with van der Waals surface area (Å²) in [6, 6.07) is -0.787. The fraction of sp³-hybridized carbons (Fsp3) is 1.00. The fourth-order valence-corrected chi connectivity index (χ4v) is 0.834. The first-order chi connectivity index (χ1) is 4.63. The molecule has 0 aromatic heterocycles. The molecular formula is C6H13NO3. The van der Waals surface area contributed by atoms with E-state index in [1.807, 2.05) is 0 Å². The predicted octanol–water partition coefficient (Wildman–Crippen LogP) is 0.813. The van der Waals surface area contributed by atoms with Crippen molar-refractivity contribution in [1.82, 2.24) is 0 Å². The Balaban J connectivity index is 3.92. The van der Waals surface area contributed by atoms with Gasteiger partial charge in [0, 0.05) is 11.3 Å². The summed E-state index contributed by atoms with van der Waals surface area (Å²) in [7, 11) is 0. The van der Waals surface area contributed by atoms with Gasteiger partial charge in [0.2, 0.25) is 6.04 Å². The van der Waals surface area contributed by atoms with Gasteiger partial charge in [0.15, 0.2) is 0 Å². The van der Waals surface area contributed by atoms with Crippen molar-refractivity contribution in [1.29, 1.82) is 0 Å². The molecule has 0 saturated carbocycles. The molecule has 0 fully saturated rings. The Morgan fingerprint density at radius 1 is 1.50 bits per heavy atom. The van der Waals surface area contributed by atoms with Gasteiger partial charge in [-0.1, -0.05) is 13.8 Å². The smallest absolute Gasteiger partial charge is 0.238 e. The maximum atomic E-state index is 10.2. The number of aliphatic hydroxyl groups is 1. The highest BCUT2D eigenvalue weighted by molar-refractivity contribution is 4.63. The molecule has 0 bridgehead atoms. The molecule has 0 radical (unpaired) electrons. The average Bonchev–Trinajstić information content (AvgIpc) is 1.88. The second kappa shape index (κ2) is 4.22. The minimum Gasteiger partial charge on any atom is -0.386 e. The summed E-state index contributed by atoms with van der Waals surface area (Å²) in [4.78, 5) is 9.75. The fourth-order valence-electron chi connectivity index (χ4n) is 0.834. The van der Waals surface area contributed by atoms with Crippen LogP contribution in [-0.2, 0) is 0 Å². The molecule has 0 aromatic carbocycles. The van der Waals surface area contributed by atoms with Crippen LogP contribution in [0.1, 0.15) is 26.7 Å². The zero-order valence-electron chi connectivity index (χ0n) is 6.28. The Bertz CT molecular complexity index is 116. The van der Waals surface area contributed by atoms with Crippen LogP contribution < -0.4 is 0 Å². The van der Waals surface area contributed by atoms with Crippen molar-refractivity contribution in [2.75, 3.05) is 0 Å². The highest BCUT2D eigenvalue weighted by atomic mass is 16.6. The van der Waals surface area contributed by atoms with Crippen LogP contribution in [0.3, 0.4) is 0 Å². The van der Waals surface area contributed by atoms with Crippen molar-refractivity contribution >= 4 is 0 Å². The number of rotatable bonds is 4. The monoisotopic (exact) mass is 147 g/mol. The van der Waals surface area contributed by atoms with E-state index in [9.17, 15) is 10.1 Å². The van der Waals surface area contributed by atoms with E-state index in [0.29, 0.717) is 12.8 Å². The quantitative estimate of drug-likeness (QED) is 0.472. The zero-order valence-corrected chi connectivity index (χ0v) is 6.28. The lowest BCUT2D eigenvalue weighted by molar-refractivity contribution is -0.534. The Labute approximate surface area is 60.0 Å². The summed E-state index contributed by atoms with van der Waals surface area (Å²) < 4.78 is 0. The molecule has 0 aliphatic heterocycles. The van der Waals surface area contributed by atoms with Crippen LogP contribution in [0.4, 0.5) is 0 Å². The topological polar surface area (TPSA) is 63.4 Å². The van der Waals surface area contributed by atoms with Gasteiger partial charge in [-0.2, -0.15) is 0 Å². The number of hydrogen-bond donors (Lipinski definition) is 1. The van der Waals surface area contributed by atoms with E-state index in [-0.39, 0.29) is 0 Å². The molecule has 4 heteroatoms. The summed E-state index contributed by atoms with van der Waals surface area (Å²) in [5.74, 6) is 0. The average molecular weight is 147 g/mol. The summed E-state index contributed by atoms with van der Waals surface area (Å²) >= 11 is 0. The van der Waals surface area contributed by atoms with Crippen molar-refractivity contribution in [3.05, 3.63) is 10.1 Å². The van der Waals surface area contributed by atoms with Gasteiger partial charge in [0.05, 0.1) is 0 Å². The zero-order chi connectivity index (χ0) is 8.15. The minimum absolute atomic E-state index is 0.391. The van der Waals surface area contributed by atoms with Gasteiger partial charge < -0.3 is 5.11 Å². The Morgan fingerprint density at radius 2 is 2.00 bits per heavy atom. The van der Waals surface area contributed by atoms with E-state index in [2.05, 4.69) is 0 Å². The van der Waals surface area contributed by atoms with E-state index >= 15 is 0 Å². The minimum atomic E-state index is -0.792. The molecule has 0 unspecified atom stereocenters. The van der Waals surface area contributed by atoms with E-state index in [1.165, 1.54) is 0 Å². The molecule has 10 heavy (non-hydrogen) atoms. The van der Waals surface area contributed by atoms with Crippen LogP contribution in [0.2, 0.25) is 0 Å². The molecule has 0 spiro atoms. The first-order valence-electron chi connectivity index (χ1n) is 3.45. The van der Waals surface area contributed by atoms with Gasteiger partial charge in [-0.05, 0) is 6.42 Å². The highest BCUT2D eigenvalue weighted by Crippen LogP contribution is 2.05. The maximum absolute atomic E-state index is 10.2. The highest BCUT2D eigenvalue weighted by Gasteiger charge is 2.25. The number of nitrogens with zero attached hydrogens (tertiary/aromatic N) is 1. The van der Waals surface area contributed by atoms with E-state index in [0.717, 1.165) is 0 Å². The third-order valence-corrected chi connectivity index (χ3v) is 1.55. The number of hydrogen-bond acceptors (Lipinski definition) is 3. The predicted molar refractivity (Wildman–Crippen MR) is 37.4 cm³/mol. The Morgan fingerprint density at radius 3 is 2.10 bits per heavy atom. The SMILES string of the molecule is CC[C@@H](O)[C@H](CC)[N+](=O)[O-]. The third-order valence-electron chi connectivity index (χ3n) is 1.55. The standard InChI is InChI=1S/C6H13NO3/c1-3-5(7(9)10)6(8)4-2/h5-6,8H,3-4H2,1-2H3/t5-,6+/m0/s1. The molecule has 0 saturated heterocycles. The Kier molecular flexibility index (Phi) is 3.95. The van der Waals surface area contributed by atoms with E-state index < -0.39 is 17.1 Å². The molecule has 0 aromatic rings. The van der Waals surface area contributed by atoms with Crippen LogP contribution >= 0.6 is 0 Å². The lowest BCUT2D eigenvalue weighted by atomic mass is 10.1.